The summed E-state index contributed by atoms with van der Waals surface area (Å²) in [6.07, 6.45) is -0.466. The maximum Gasteiger partial charge on any atom is 0.0897 e. The molecule has 0 bridgehead atoms. The molecule has 5 heteroatoms. The zero-order valence-electron chi connectivity index (χ0n) is 11.1. The first-order valence-electron chi connectivity index (χ1n) is 6.31. The molecule has 0 aromatic carbocycles. The van der Waals surface area contributed by atoms with E-state index < -0.39 is 6.10 Å². The fourth-order valence-electron chi connectivity index (χ4n) is 1.48. The topological polar surface area (TPSA) is 50.7 Å². The van der Waals surface area contributed by atoms with Gasteiger partial charge in [0.2, 0.25) is 0 Å². The molecule has 0 aliphatic rings. The molecule has 0 fully saturated rings. The fourth-order valence-corrected chi connectivity index (χ4v) is 2.35. The molecule has 104 valence electrons. The number of thiophene rings is 1. The third kappa shape index (κ3) is 6.47. The minimum absolute atomic E-state index is 0.351. The van der Waals surface area contributed by atoms with Crippen LogP contribution in [0.3, 0.4) is 0 Å². The molecule has 0 radical (unpaired) electrons. The van der Waals surface area contributed by atoms with Crippen LogP contribution in [-0.2, 0) is 16.0 Å². The molecule has 18 heavy (non-hydrogen) atoms. The molecule has 1 unspecified atom stereocenters. The fraction of sp³-hybridized carbons (Fsp3) is 0.692. The highest BCUT2D eigenvalue weighted by Gasteiger charge is 2.05. The first-order chi connectivity index (χ1) is 8.74. The van der Waals surface area contributed by atoms with Gasteiger partial charge in [-0.05, 0) is 30.9 Å². The Kier molecular flexibility index (Phi) is 8.20. The van der Waals surface area contributed by atoms with Crippen LogP contribution in [0, 0.1) is 6.92 Å². The Labute approximate surface area is 113 Å². The molecule has 1 aromatic heterocycles. The van der Waals surface area contributed by atoms with Gasteiger partial charge >= 0.3 is 0 Å². The van der Waals surface area contributed by atoms with Crippen molar-refractivity contribution in [3.63, 3.8) is 0 Å². The number of ether oxygens (including phenoxy) is 2. The van der Waals surface area contributed by atoms with Crippen LogP contribution in [0.4, 0.5) is 0 Å². The van der Waals surface area contributed by atoms with Gasteiger partial charge in [-0.3, -0.25) is 0 Å². The lowest BCUT2D eigenvalue weighted by Gasteiger charge is -2.12. The smallest absolute Gasteiger partial charge is 0.0897 e. The van der Waals surface area contributed by atoms with Crippen LogP contribution in [0.1, 0.15) is 17.4 Å². The summed E-state index contributed by atoms with van der Waals surface area (Å²) >= 11 is 1.74. The van der Waals surface area contributed by atoms with Crippen LogP contribution < -0.4 is 5.32 Å². The number of aliphatic hydroxyl groups is 1. The van der Waals surface area contributed by atoms with E-state index in [-0.39, 0.29) is 0 Å². The van der Waals surface area contributed by atoms with Crippen molar-refractivity contribution in [2.24, 2.45) is 0 Å². The van der Waals surface area contributed by atoms with Gasteiger partial charge in [-0.25, -0.2) is 0 Å². The minimum atomic E-state index is -0.466. The van der Waals surface area contributed by atoms with E-state index in [1.165, 1.54) is 10.4 Å². The lowest BCUT2D eigenvalue weighted by molar-refractivity contribution is 0.00644. The van der Waals surface area contributed by atoms with Crippen molar-refractivity contribution in [2.45, 2.75) is 26.5 Å². The molecule has 1 rings (SSSR count). The monoisotopic (exact) mass is 273 g/mol. The standard InChI is InChI=1S/C13H23NO3S/c1-3-16-5-6-17-10-12(15)8-14-9-13-11(2)4-7-18-13/h4,7,12,14-15H,3,5-6,8-10H2,1-2H3. The Morgan fingerprint density at radius 2 is 2.17 bits per heavy atom. The molecular formula is C13H23NO3S. The van der Waals surface area contributed by atoms with Gasteiger partial charge in [-0.15, -0.1) is 11.3 Å². The Morgan fingerprint density at radius 1 is 1.39 bits per heavy atom. The number of nitrogens with one attached hydrogen (secondary N) is 1. The van der Waals surface area contributed by atoms with E-state index in [4.69, 9.17) is 9.47 Å². The maximum absolute atomic E-state index is 9.68. The zero-order valence-corrected chi connectivity index (χ0v) is 12.0. The van der Waals surface area contributed by atoms with Crippen molar-refractivity contribution in [2.75, 3.05) is 33.0 Å². The quantitative estimate of drug-likeness (QED) is 0.635. The summed E-state index contributed by atoms with van der Waals surface area (Å²) in [5.41, 5.74) is 1.30. The summed E-state index contributed by atoms with van der Waals surface area (Å²) in [7, 11) is 0. The maximum atomic E-state index is 9.68. The summed E-state index contributed by atoms with van der Waals surface area (Å²) in [6.45, 7) is 7.58. The first kappa shape index (κ1) is 15.6. The number of rotatable bonds is 10. The highest BCUT2D eigenvalue weighted by molar-refractivity contribution is 7.10. The molecule has 2 N–H and O–H groups in total. The first-order valence-corrected chi connectivity index (χ1v) is 7.19. The van der Waals surface area contributed by atoms with Crippen molar-refractivity contribution < 1.29 is 14.6 Å². The molecule has 1 heterocycles. The van der Waals surface area contributed by atoms with Crippen LogP contribution in [0.25, 0.3) is 0 Å². The van der Waals surface area contributed by atoms with Crippen LogP contribution in [0.2, 0.25) is 0 Å². The number of aliphatic hydroxyl groups excluding tert-OH is 1. The average Bonchev–Trinajstić information content (AvgIpc) is 2.75. The van der Waals surface area contributed by atoms with Gasteiger partial charge in [0, 0.05) is 24.6 Å². The van der Waals surface area contributed by atoms with Crippen LogP contribution in [0.15, 0.2) is 11.4 Å². The van der Waals surface area contributed by atoms with Crippen molar-refractivity contribution in [3.05, 3.63) is 21.9 Å². The number of hydrogen-bond donors (Lipinski definition) is 2. The second-order valence-corrected chi connectivity index (χ2v) is 5.08. The van der Waals surface area contributed by atoms with Gasteiger partial charge < -0.3 is 19.9 Å². The Hall–Kier alpha value is -0.460. The molecule has 4 nitrogen and oxygen atoms in total. The summed E-state index contributed by atoms with van der Waals surface area (Å²) in [6, 6.07) is 2.11. The Bertz CT molecular complexity index is 317. The van der Waals surface area contributed by atoms with Gasteiger partial charge in [0.15, 0.2) is 0 Å². The van der Waals surface area contributed by atoms with Gasteiger partial charge in [0.25, 0.3) is 0 Å². The van der Waals surface area contributed by atoms with Crippen LogP contribution >= 0.6 is 11.3 Å². The van der Waals surface area contributed by atoms with E-state index in [0.717, 1.165) is 6.54 Å². The molecule has 0 saturated carbocycles. The van der Waals surface area contributed by atoms with Gasteiger partial charge in [-0.1, -0.05) is 0 Å². The third-order valence-electron chi connectivity index (χ3n) is 2.52. The normalized spacial score (nSPS) is 12.8. The van der Waals surface area contributed by atoms with E-state index in [1.54, 1.807) is 11.3 Å². The lowest BCUT2D eigenvalue weighted by atomic mass is 10.3. The van der Waals surface area contributed by atoms with E-state index in [9.17, 15) is 5.11 Å². The highest BCUT2D eigenvalue weighted by atomic mass is 32.1. The summed E-state index contributed by atoms with van der Waals surface area (Å²) < 4.78 is 10.4. The molecule has 0 saturated heterocycles. The van der Waals surface area contributed by atoms with Crippen molar-refractivity contribution in [1.29, 1.82) is 0 Å². The number of aryl methyl sites for hydroxylation is 1. The van der Waals surface area contributed by atoms with E-state index in [2.05, 4.69) is 23.7 Å². The zero-order chi connectivity index (χ0) is 13.2. The largest absolute Gasteiger partial charge is 0.389 e. The molecule has 0 aliphatic carbocycles. The predicted molar refractivity (Wildman–Crippen MR) is 74.1 cm³/mol. The summed E-state index contributed by atoms with van der Waals surface area (Å²) in [5.74, 6) is 0. The minimum Gasteiger partial charge on any atom is -0.389 e. The second kappa shape index (κ2) is 9.47. The Morgan fingerprint density at radius 3 is 2.83 bits per heavy atom. The molecular weight excluding hydrogens is 250 g/mol. The molecule has 0 amide bonds. The SMILES string of the molecule is CCOCCOCC(O)CNCc1sccc1C. The van der Waals surface area contributed by atoms with E-state index in [1.807, 2.05) is 6.92 Å². The predicted octanol–water partition coefficient (Wildman–Crippen LogP) is 1.56. The molecule has 0 aliphatic heterocycles. The lowest BCUT2D eigenvalue weighted by Crippen LogP contribution is -2.30. The second-order valence-electron chi connectivity index (χ2n) is 4.08. The van der Waals surface area contributed by atoms with Crippen molar-refractivity contribution in [1.82, 2.24) is 5.32 Å². The van der Waals surface area contributed by atoms with Crippen LogP contribution in [0.5, 0.6) is 0 Å². The van der Waals surface area contributed by atoms with E-state index >= 15 is 0 Å². The average molecular weight is 273 g/mol. The summed E-state index contributed by atoms with van der Waals surface area (Å²) in [4.78, 5) is 1.32. The highest BCUT2D eigenvalue weighted by Crippen LogP contribution is 2.14. The molecule has 1 aromatic rings. The molecule has 1 atom stereocenters. The van der Waals surface area contributed by atoms with Crippen LogP contribution in [-0.4, -0.2) is 44.2 Å². The van der Waals surface area contributed by atoms with Gasteiger partial charge in [-0.2, -0.15) is 0 Å². The molecule has 0 spiro atoms. The van der Waals surface area contributed by atoms with Gasteiger partial charge in [0.1, 0.15) is 0 Å². The summed E-state index contributed by atoms with van der Waals surface area (Å²) in [5, 5.41) is 15.0. The van der Waals surface area contributed by atoms with Crippen molar-refractivity contribution in [3.8, 4) is 0 Å². The van der Waals surface area contributed by atoms with Crippen molar-refractivity contribution >= 4 is 11.3 Å². The van der Waals surface area contributed by atoms with E-state index in [0.29, 0.717) is 33.0 Å². The Balaban J connectivity index is 2.00. The third-order valence-corrected chi connectivity index (χ3v) is 3.54. The van der Waals surface area contributed by atoms with Gasteiger partial charge in [0.05, 0.1) is 25.9 Å². The number of hydrogen-bond acceptors (Lipinski definition) is 5.